The number of morpholine rings is 1. The van der Waals surface area contributed by atoms with E-state index in [1.54, 1.807) is 0 Å². The van der Waals surface area contributed by atoms with Crippen LogP contribution in [0.15, 0.2) is 4.99 Å². The predicted octanol–water partition coefficient (Wildman–Crippen LogP) is 2.21. The Labute approximate surface area is 152 Å². The van der Waals surface area contributed by atoms with Gasteiger partial charge in [-0.3, -0.25) is 9.89 Å². The quantitative estimate of drug-likeness (QED) is 0.413. The van der Waals surface area contributed by atoms with Crippen molar-refractivity contribution >= 4 is 29.9 Å². The maximum absolute atomic E-state index is 5.44. The molecule has 5 nitrogen and oxygen atoms in total. The van der Waals surface area contributed by atoms with Crippen LogP contribution in [0.25, 0.3) is 0 Å². The van der Waals surface area contributed by atoms with Crippen molar-refractivity contribution in [3.8, 4) is 0 Å². The van der Waals surface area contributed by atoms with Crippen LogP contribution in [0, 0.1) is 0 Å². The van der Waals surface area contributed by atoms with Crippen LogP contribution in [0.4, 0.5) is 0 Å². The summed E-state index contributed by atoms with van der Waals surface area (Å²) in [6, 6.07) is 0.594. The average molecular weight is 424 g/mol. The molecule has 0 bridgehead atoms. The number of aliphatic imine (C=N–C) groups is 1. The zero-order valence-electron chi connectivity index (χ0n) is 14.4. The van der Waals surface area contributed by atoms with E-state index in [1.165, 1.54) is 32.1 Å². The molecule has 0 atom stereocenters. The van der Waals surface area contributed by atoms with Crippen molar-refractivity contribution in [1.82, 2.24) is 15.5 Å². The van der Waals surface area contributed by atoms with Crippen molar-refractivity contribution in [3.63, 3.8) is 0 Å². The van der Waals surface area contributed by atoms with Gasteiger partial charge in [-0.2, -0.15) is 0 Å². The molecule has 0 radical (unpaired) electrons. The second kappa shape index (κ2) is 9.93. The lowest BCUT2D eigenvalue weighted by Crippen LogP contribution is -2.57. The summed E-state index contributed by atoms with van der Waals surface area (Å²) < 4.78 is 5.44. The summed E-state index contributed by atoms with van der Waals surface area (Å²) in [5, 5.41) is 7.09. The van der Waals surface area contributed by atoms with Gasteiger partial charge in [0, 0.05) is 38.3 Å². The lowest BCUT2D eigenvalue weighted by Gasteiger charge is -2.41. The monoisotopic (exact) mass is 424 g/mol. The first kappa shape index (κ1) is 20.0. The SMILES string of the molecule is CN=C(NCC(C)(C)N1CCOCC1)NC1CCCCC1.I. The first-order valence-corrected chi connectivity index (χ1v) is 8.42. The molecule has 1 aliphatic carbocycles. The molecule has 1 heterocycles. The molecule has 1 saturated heterocycles. The third-order valence-corrected chi connectivity index (χ3v) is 4.73. The van der Waals surface area contributed by atoms with Crippen LogP contribution >= 0.6 is 24.0 Å². The normalized spacial score (nSPS) is 22.0. The van der Waals surface area contributed by atoms with E-state index < -0.39 is 0 Å². The Morgan fingerprint density at radius 3 is 2.41 bits per heavy atom. The summed E-state index contributed by atoms with van der Waals surface area (Å²) in [6.45, 7) is 9.21. The number of halogens is 1. The van der Waals surface area contributed by atoms with Gasteiger partial charge in [-0.15, -0.1) is 24.0 Å². The van der Waals surface area contributed by atoms with Crippen LogP contribution in [0.1, 0.15) is 46.0 Å². The highest BCUT2D eigenvalue weighted by atomic mass is 127. The number of guanidine groups is 1. The van der Waals surface area contributed by atoms with E-state index in [2.05, 4.69) is 34.4 Å². The largest absolute Gasteiger partial charge is 0.379 e. The van der Waals surface area contributed by atoms with Crippen molar-refractivity contribution in [1.29, 1.82) is 0 Å². The minimum Gasteiger partial charge on any atom is -0.379 e. The first-order chi connectivity index (χ1) is 10.1. The predicted molar refractivity (Wildman–Crippen MR) is 103 cm³/mol. The van der Waals surface area contributed by atoms with Crippen molar-refractivity contribution in [2.75, 3.05) is 39.9 Å². The Hall–Kier alpha value is -0.0800. The van der Waals surface area contributed by atoms with Crippen molar-refractivity contribution in [3.05, 3.63) is 0 Å². The molecule has 22 heavy (non-hydrogen) atoms. The van der Waals surface area contributed by atoms with Gasteiger partial charge in [-0.05, 0) is 26.7 Å². The Morgan fingerprint density at radius 1 is 1.18 bits per heavy atom. The smallest absolute Gasteiger partial charge is 0.191 e. The second-order valence-corrected chi connectivity index (χ2v) is 6.82. The van der Waals surface area contributed by atoms with Gasteiger partial charge in [-0.1, -0.05) is 19.3 Å². The van der Waals surface area contributed by atoms with E-state index >= 15 is 0 Å². The number of nitrogens with zero attached hydrogens (tertiary/aromatic N) is 2. The van der Waals surface area contributed by atoms with Crippen LogP contribution < -0.4 is 10.6 Å². The molecule has 0 spiro atoms. The van der Waals surface area contributed by atoms with Crippen molar-refractivity contribution in [2.45, 2.75) is 57.5 Å². The third-order valence-electron chi connectivity index (χ3n) is 4.73. The van der Waals surface area contributed by atoms with Crippen LogP contribution in [0.3, 0.4) is 0 Å². The van der Waals surface area contributed by atoms with Crippen LogP contribution in [0.2, 0.25) is 0 Å². The summed E-state index contributed by atoms with van der Waals surface area (Å²) in [6.07, 6.45) is 6.61. The fourth-order valence-corrected chi connectivity index (χ4v) is 3.22. The zero-order chi connectivity index (χ0) is 15.1. The van der Waals surface area contributed by atoms with E-state index in [4.69, 9.17) is 4.74 Å². The van der Waals surface area contributed by atoms with Crippen LogP contribution in [-0.2, 0) is 4.74 Å². The number of hydrogen-bond acceptors (Lipinski definition) is 3. The molecule has 0 aromatic rings. The molecule has 0 aromatic carbocycles. The maximum Gasteiger partial charge on any atom is 0.191 e. The van der Waals surface area contributed by atoms with E-state index in [-0.39, 0.29) is 29.5 Å². The molecule has 1 aliphatic heterocycles. The summed E-state index contributed by atoms with van der Waals surface area (Å²) in [5.74, 6) is 0.947. The summed E-state index contributed by atoms with van der Waals surface area (Å²) in [4.78, 5) is 6.88. The van der Waals surface area contributed by atoms with Gasteiger partial charge in [0.25, 0.3) is 0 Å². The summed E-state index contributed by atoms with van der Waals surface area (Å²) in [5.41, 5.74) is 0.119. The van der Waals surface area contributed by atoms with E-state index in [0.717, 1.165) is 38.8 Å². The van der Waals surface area contributed by atoms with Crippen molar-refractivity contribution < 1.29 is 4.74 Å². The minimum absolute atomic E-state index is 0. The second-order valence-electron chi connectivity index (χ2n) is 6.82. The molecule has 6 heteroatoms. The molecule has 130 valence electrons. The molecule has 1 saturated carbocycles. The zero-order valence-corrected chi connectivity index (χ0v) is 16.7. The highest BCUT2D eigenvalue weighted by Gasteiger charge is 2.28. The van der Waals surface area contributed by atoms with Gasteiger partial charge in [-0.25, -0.2) is 0 Å². The molecule has 2 aliphatic rings. The molecular formula is C16H33IN4O. The number of ether oxygens (including phenoxy) is 1. The fourth-order valence-electron chi connectivity index (χ4n) is 3.22. The summed E-state index contributed by atoms with van der Waals surface area (Å²) >= 11 is 0. The number of nitrogens with one attached hydrogen (secondary N) is 2. The van der Waals surface area contributed by atoms with Crippen molar-refractivity contribution in [2.24, 2.45) is 4.99 Å². The fraction of sp³-hybridized carbons (Fsp3) is 0.938. The standard InChI is InChI=1S/C16H32N4O.HI/c1-16(2,20-9-11-21-12-10-20)13-18-15(17-3)19-14-7-5-4-6-8-14;/h14H,4-13H2,1-3H3,(H2,17,18,19);1H. The Balaban J connectivity index is 0.00000242. The van der Waals surface area contributed by atoms with E-state index in [9.17, 15) is 0 Å². The topological polar surface area (TPSA) is 48.9 Å². The van der Waals surface area contributed by atoms with Crippen LogP contribution in [0.5, 0.6) is 0 Å². The van der Waals surface area contributed by atoms with E-state index in [0.29, 0.717) is 6.04 Å². The lowest BCUT2D eigenvalue weighted by molar-refractivity contribution is -0.00835. The van der Waals surface area contributed by atoms with Gasteiger partial charge in [0.1, 0.15) is 0 Å². The molecular weight excluding hydrogens is 391 g/mol. The number of hydrogen-bond donors (Lipinski definition) is 2. The number of rotatable bonds is 4. The van der Waals surface area contributed by atoms with Crippen LogP contribution in [-0.4, -0.2) is 62.3 Å². The minimum atomic E-state index is 0. The van der Waals surface area contributed by atoms with Gasteiger partial charge in [0.2, 0.25) is 0 Å². The highest BCUT2D eigenvalue weighted by molar-refractivity contribution is 14.0. The Bertz CT molecular complexity index is 337. The van der Waals surface area contributed by atoms with E-state index in [1.807, 2.05) is 7.05 Å². The maximum atomic E-state index is 5.44. The average Bonchev–Trinajstić information content (AvgIpc) is 2.53. The molecule has 2 rings (SSSR count). The Kier molecular flexibility index (Phi) is 9.01. The molecule has 2 N–H and O–H groups in total. The molecule has 0 amide bonds. The van der Waals surface area contributed by atoms with Gasteiger partial charge >= 0.3 is 0 Å². The molecule has 0 unspecified atom stereocenters. The lowest BCUT2D eigenvalue weighted by atomic mass is 9.96. The molecule has 0 aromatic heterocycles. The molecule has 2 fully saturated rings. The van der Waals surface area contributed by atoms with Gasteiger partial charge in [0.05, 0.1) is 13.2 Å². The summed E-state index contributed by atoms with van der Waals surface area (Å²) in [7, 11) is 1.86. The van der Waals surface area contributed by atoms with Gasteiger partial charge < -0.3 is 15.4 Å². The third kappa shape index (κ3) is 6.20. The highest BCUT2D eigenvalue weighted by Crippen LogP contribution is 2.18. The van der Waals surface area contributed by atoms with Gasteiger partial charge in [0.15, 0.2) is 5.96 Å². The first-order valence-electron chi connectivity index (χ1n) is 8.42. The Morgan fingerprint density at radius 2 is 1.82 bits per heavy atom.